The zero-order chi connectivity index (χ0) is 22.0. The summed E-state index contributed by atoms with van der Waals surface area (Å²) in [4.78, 5) is 17.3. The van der Waals surface area contributed by atoms with Gasteiger partial charge in [-0.3, -0.25) is 4.79 Å². The molecule has 3 heterocycles. The second-order valence-corrected chi connectivity index (χ2v) is 11.2. The third-order valence-corrected chi connectivity index (χ3v) is 8.48. The number of furan rings is 1. The number of thiophene rings is 1. The lowest BCUT2D eigenvalue weighted by Crippen LogP contribution is -2.49. The molecule has 0 spiro atoms. The monoisotopic (exact) mass is 475 g/mol. The molecule has 4 aromatic rings. The summed E-state index contributed by atoms with van der Waals surface area (Å²) < 4.78 is 34.6. The molecule has 1 aromatic carbocycles. The quantitative estimate of drug-likeness (QED) is 0.397. The highest BCUT2D eigenvalue weighted by atomic mass is 32.2. The highest BCUT2D eigenvalue weighted by molar-refractivity contribution is 7.91. The average Bonchev–Trinajstić information content (AvgIpc) is 3.49. The molecule has 0 aliphatic heterocycles. The van der Waals surface area contributed by atoms with E-state index in [9.17, 15) is 13.2 Å². The summed E-state index contributed by atoms with van der Waals surface area (Å²) in [6, 6.07) is 13.7. The van der Waals surface area contributed by atoms with Crippen LogP contribution in [-0.2, 0) is 21.4 Å². The van der Waals surface area contributed by atoms with Gasteiger partial charge in [-0.15, -0.1) is 22.7 Å². The number of carbonyl (C=O) groups excluding carboxylic acids is 1. The minimum atomic E-state index is -3.76. The Morgan fingerprint density at radius 2 is 1.94 bits per heavy atom. The number of amides is 1. The van der Waals surface area contributed by atoms with Crippen LogP contribution in [0.5, 0.6) is 0 Å². The van der Waals surface area contributed by atoms with Gasteiger partial charge in [-0.05, 0) is 41.6 Å². The summed E-state index contributed by atoms with van der Waals surface area (Å²) in [6.45, 7) is 3.73. The van der Waals surface area contributed by atoms with Crippen molar-refractivity contribution in [3.63, 3.8) is 0 Å². The first kappa shape index (κ1) is 21.7. The molecule has 2 N–H and O–H groups in total. The normalized spacial score (nSPS) is 13.0. The molecule has 3 aromatic heterocycles. The van der Waals surface area contributed by atoms with Gasteiger partial charge in [0.1, 0.15) is 16.0 Å². The molecule has 162 valence electrons. The van der Waals surface area contributed by atoms with Crippen LogP contribution in [0.3, 0.4) is 0 Å². The van der Waals surface area contributed by atoms with E-state index in [1.807, 2.05) is 30.3 Å². The van der Waals surface area contributed by atoms with E-state index in [0.717, 1.165) is 26.6 Å². The van der Waals surface area contributed by atoms with E-state index >= 15 is 0 Å². The summed E-state index contributed by atoms with van der Waals surface area (Å²) in [7, 11) is -3.76. The number of thiazole rings is 1. The third kappa shape index (κ3) is 4.87. The van der Waals surface area contributed by atoms with Crippen LogP contribution in [0.25, 0.3) is 21.0 Å². The van der Waals surface area contributed by atoms with Gasteiger partial charge in [-0.25, -0.2) is 13.4 Å². The van der Waals surface area contributed by atoms with Gasteiger partial charge in [0, 0.05) is 0 Å². The van der Waals surface area contributed by atoms with Gasteiger partial charge < -0.3 is 9.73 Å². The summed E-state index contributed by atoms with van der Waals surface area (Å²) in [5.41, 5.74) is 0.909. The molecular formula is C21H21N3O4S3. The molecule has 7 nitrogen and oxygen atoms in total. The molecule has 0 saturated carbocycles. The van der Waals surface area contributed by atoms with Gasteiger partial charge >= 0.3 is 0 Å². The molecule has 10 heteroatoms. The maximum atomic E-state index is 12.7. The molecule has 1 unspecified atom stereocenters. The summed E-state index contributed by atoms with van der Waals surface area (Å²) in [6.07, 6.45) is 0. The smallest absolute Gasteiger partial charge is 0.250 e. The largest absolute Gasteiger partial charge is 0.457 e. The molecule has 31 heavy (non-hydrogen) atoms. The Morgan fingerprint density at radius 3 is 2.65 bits per heavy atom. The molecular weight excluding hydrogens is 454 g/mol. The lowest BCUT2D eigenvalue weighted by molar-refractivity contribution is -0.123. The molecule has 0 bridgehead atoms. The number of fused-ring (bicyclic) bond motifs is 1. The molecule has 0 saturated heterocycles. The number of nitrogens with one attached hydrogen (secondary N) is 2. The Morgan fingerprint density at radius 1 is 1.13 bits per heavy atom. The van der Waals surface area contributed by atoms with Crippen LogP contribution in [0.4, 0.5) is 0 Å². The predicted octanol–water partition coefficient (Wildman–Crippen LogP) is 4.24. The number of sulfonamides is 1. The third-order valence-electron chi connectivity index (χ3n) is 4.59. The first-order chi connectivity index (χ1) is 14.8. The number of nitrogens with zero attached hydrogens (tertiary/aromatic N) is 1. The topological polar surface area (TPSA) is 101 Å². The Balaban J connectivity index is 1.42. The van der Waals surface area contributed by atoms with Crippen molar-refractivity contribution >= 4 is 48.8 Å². The number of para-hydroxylation sites is 1. The van der Waals surface area contributed by atoms with Crippen molar-refractivity contribution in [1.82, 2.24) is 15.0 Å². The van der Waals surface area contributed by atoms with E-state index in [0.29, 0.717) is 11.5 Å². The van der Waals surface area contributed by atoms with Crippen molar-refractivity contribution in [1.29, 1.82) is 0 Å². The predicted molar refractivity (Wildman–Crippen MR) is 122 cm³/mol. The van der Waals surface area contributed by atoms with Gasteiger partial charge in [0.25, 0.3) is 10.0 Å². The number of hydrogen-bond donors (Lipinski definition) is 2. The van der Waals surface area contributed by atoms with Crippen LogP contribution in [-0.4, -0.2) is 25.4 Å². The fraction of sp³-hybridized carbons (Fsp3) is 0.238. The van der Waals surface area contributed by atoms with Crippen molar-refractivity contribution in [3.8, 4) is 10.8 Å². The van der Waals surface area contributed by atoms with Crippen LogP contribution < -0.4 is 10.0 Å². The zero-order valence-electron chi connectivity index (χ0n) is 16.9. The number of benzene rings is 1. The molecule has 1 atom stereocenters. The van der Waals surface area contributed by atoms with E-state index in [1.165, 1.54) is 17.4 Å². The van der Waals surface area contributed by atoms with Crippen molar-refractivity contribution in [2.45, 2.75) is 30.6 Å². The fourth-order valence-corrected chi connectivity index (χ4v) is 6.26. The second kappa shape index (κ2) is 8.91. The van der Waals surface area contributed by atoms with E-state index in [-0.39, 0.29) is 16.7 Å². The van der Waals surface area contributed by atoms with Crippen molar-refractivity contribution in [2.24, 2.45) is 5.92 Å². The van der Waals surface area contributed by atoms with Crippen LogP contribution in [0.15, 0.2) is 62.5 Å². The Hall–Kier alpha value is -2.53. The fourth-order valence-electron chi connectivity index (χ4n) is 2.98. The summed E-state index contributed by atoms with van der Waals surface area (Å²) in [5.74, 6) is 0.549. The number of hydrogen-bond acceptors (Lipinski definition) is 7. The standard InChI is InChI=1S/C21H21N3O4S3/c1-13(2)19(24-31(26,27)18-8-5-11-29-18)20(25)22-12-14-9-10-16(28-14)21-23-15-6-3-4-7-17(15)30-21/h3-11,13,19,24H,12H2,1-2H3,(H,22,25). The van der Waals surface area contributed by atoms with Gasteiger partial charge in [0.05, 0.1) is 16.8 Å². The van der Waals surface area contributed by atoms with Crippen LogP contribution in [0, 0.1) is 5.92 Å². The van der Waals surface area contributed by atoms with Crippen molar-refractivity contribution in [2.75, 3.05) is 0 Å². The van der Waals surface area contributed by atoms with Gasteiger partial charge in [0.2, 0.25) is 5.91 Å². The van der Waals surface area contributed by atoms with Gasteiger partial charge in [-0.1, -0.05) is 32.0 Å². The van der Waals surface area contributed by atoms with E-state index in [4.69, 9.17) is 4.42 Å². The number of rotatable bonds is 8. The minimum absolute atomic E-state index is 0.147. The number of carbonyl (C=O) groups is 1. The Bertz CT molecular complexity index is 1260. The highest BCUT2D eigenvalue weighted by Crippen LogP contribution is 2.31. The van der Waals surface area contributed by atoms with E-state index in [2.05, 4.69) is 15.0 Å². The van der Waals surface area contributed by atoms with Crippen LogP contribution >= 0.6 is 22.7 Å². The second-order valence-electron chi connectivity index (χ2n) is 7.25. The Labute approximate surface area is 188 Å². The van der Waals surface area contributed by atoms with Crippen molar-refractivity contribution in [3.05, 3.63) is 59.7 Å². The van der Waals surface area contributed by atoms with Crippen LogP contribution in [0.1, 0.15) is 19.6 Å². The molecule has 0 fully saturated rings. The van der Waals surface area contributed by atoms with E-state index < -0.39 is 22.0 Å². The highest BCUT2D eigenvalue weighted by Gasteiger charge is 2.29. The maximum absolute atomic E-state index is 12.7. The zero-order valence-corrected chi connectivity index (χ0v) is 19.3. The van der Waals surface area contributed by atoms with Gasteiger partial charge in [0.15, 0.2) is 10.8 Å². The Kier molecular flexibility index (Phi) is 6.24. The van der Waals surface area contributed by atoms with Gasteiger partial charge in [-0.2, -0.15) is 4.72 Å². The molecule has 0 aliphatic rings. The lowest BCUT2D eigenvalue weighted by atomic mass is 10.1. The molecule has 4 rings (SSSR count). The van der Waals surface area contributed by atoms with Crippen molar-refractivity contribution < 1.29 is 17.6 Å². The molecule has 0 radical (unpaired) electrons. The first-order valence-electron chi connectivity index (χ1n) is 9.62. The summed E-state index contributed by atoms with van der Waals surface area (Å²) >= 11 is 2.64. The molecule has 1 amide bonds. The van der Waals surface area contributed by atoms with Crippen LogP contribution in [0.2, 0.25) is 0 Å². The lowest BCUT2D eigenvalue weighted by Gasteiger charge is -2.21. The maximum Gasteiger partial charge on any atom is 0.250 e. The minimum Gasteiger partial charge on any atom is -0.457 e. The summed E-state index contributed by atoms with van der Waals surface area (Å²) in [5, 5.41) is 5.21. The average molecular weight is 476 g/mol. The first-order valence-corrected chi connectivity index (χ1v) is 12.8. The number of aromatic nitrogens is 1. The molecule has 0 aliphatic carbocycles. The van der Waals surface area contributed by atoms with E-state index in [1.54, 1.807) is 31.4 Å². The SMILES string of the molecule is CC(C)C(NS(=O)(=O)c1cccs1)C(=O)NCc1ccc(-c2nc3ccccc3s2)o1.